The molecule has 0 amide bonds. The number of nitrogens with zero attached hydrogens (tertiary/aromatic N) is 2. The highest BCUT2D eigenvalue weighted by Crippen LogP contribution is 2.53. The summed E-state index contributed by atoms with van der Waals surface area (Å²) in [7, 11) is 0. The van der Waals surface area contributed by atoms with Crippen LogP contribution in [0.1, 0.15) is 47.9 Å². The summed E-state index contributed by atoms with van der Waals surface area (Å²) in [6.45, 7) is -0.0876. The van der Waals surface area contributed by atoms with Gasteiger partial charge in [-0.1, -0.05) is 115 Å². The number of furan rings is 2. The molecule has 0 atom stereocenters. The first-order chi connectivity index (χ1) is 33.2. The second kappa shape index (κ2) is 14.4. The predicted molar refractivity (Wildman–Crippen MR) is 279 cm³/mol. The van der Waals surface area contributed by atoms with Crippen molar-refractivity contribution in [2.75, 3.05) is 9.80 Å². The zero-order chi connectivity index (χ0) is 43.7. The third-order valence-corrected chi connectivity index (χ3v) is 15.6. The number of rotatable bonds is 4. The fourth-order valence-corrected chi connectivity index (χ4v) is 12.6. The zero-order valence-electron chi connectivity index (χ0n) is 37.2. The van der Waals surface area contributed by atoms with Gasteiger partial charge in [-0.2, -0.15) is 0 Å². The minimum atomic E-state index is -0.0876. The number of benzene rings is 9. The maximum absolute atomic E-state index is 6.80. The Hall–Kier alpha value is -7.76. The average molecular weight is 861 g/mol. The molecule has 0 unspecified atom stereocenters. The standard InChI is InChI=1S/C62H45BN2O2/c1-3-16-38(17-4-1)46-34-40-20-7-9-22-42(40)36-52(46)64-50-26-15-27-51-60(50)63(48-30-32-56-58(61(48)64)44-24-11-13-28-54(44)66-56)49-31-33-57-59(45-25-12-14-29-55(45)67-57)62(49)65(51)53-37-43-23-10-8-21-41(43)35-47(53)39-18-5-2-6-19-39/h1-6,11-19,24-37H,7-10,20-23H2. The maximum Gasteiger partial charge on any atom is 0.252 e. The van der Waals surface area contributed by atoms with Gasteiger partial charge in [-0.15, -0.1) is 0 Å². The minimum absolute atomic E-state index is 0.0876. The third-order valence-electron chi connectivity index (χ3n) is 15.6. The van der Waals surface area contributed by atoms with Gasteiger partial charge in [0.05, 0.1) is 33.5 Å². The molecular formula is C62H45BN2O2. The Bertz CT molecular complexity index is 3600. The number of anilines is 6. The van der Waals surface area contributed by atoms with Crippen LogP contribution in [0.2, 0.25) is 0 Å². The fraction of sp³-hybridized carbons (Fsp3) is 0.129. The molecule has 0 bridgehead atoms. The van der Waals surface area contributed by atoms with E-state index in [1.54, 1.807) is 0 Å². The number of aryl methyl sites for hydroxylation is 4. The van der Waals surface area contributed by atoms with Crippen LogP contribution < -0.4 is 26.2 Å². The maximum atomic E-state index is 6.80. The molecule has 0 radical (unpaired) electrons. The number of hydrogen-bond donors (Lipinski definition) is 0. The number of fused-ring (bicyclic) bond motifs is 14. The van der Waals surface area contributed by atoms with Gasteiger partial charge >= 0.3 is 0 Å². The fourth-order valence-electron chi connectivity index (χ4n) is 12.6. The van der Waals surface area contributed by atoms with Gasteiger partial charge in [-0.25, -0.2) is 0 Å². The van der Waals surface area contributed by atoms with Crippen LogP contribution in [0, 0.1) is 0 Å². The summed E-state index contributed by atoms with van der Waals surface area (Å²) >= 11 is 0. The van der Waals surface area contributed by atoms with Crippen molar-refractivity contribution in [3.63, 3.8) is 0 Å². The van der Waals surface area contributed by atoms with Gasteiger partial charge in [0.1, 0.15) is 22.3 Å². The van der Waals surface area contributed by atoms with E-state index in [2.05, 4.69) is 186 Å². The molecular weight excluding hydrogens is 816 g/mol. The quantitative estimate of drug-likeness (QED) is 0.165. The summed E-state index contributed by atoms with van der Waals surface area (Å²) in [5, 5.41) is 4.57. The van der Waals surface area contributed by atoms with Crippen LogP contribution >= 0.6 is 0 Å². The Kier molecular flexibility index (Phi) is 8.04. The van der Waals surface area contributed by atoms with E-state index in [1.807, 2.05) is 0 Å². The molecule has 2 aliphatic carbocycles. The molecule has 15 rings (SSSR count). The van der Waals surface area contributed by atoms with Gasteiger partial charge in [0.25, 0.3) is 6.71 Å². The summed E-state index contributed by atoms with van der Waals surface area (Å²) in [5.41, 5.74) is 25.5. The van der Waals surface area contributed by atoms with Crippen LogP contribution in [-0.2, 0) is 25.7 Å². The molecule has 0 fully saturated rings. The molecule has 67 heavy (non-hydrogen) atoms. The Morgan fingerprint density at radius 2 is 0.776 bits per heavy atom. The van der Waals surface area contributed by atoms with Crippen LogP contribution in [0.5, 0.6) is 0 Å². The molecule has 9 aromatic carbocycles. The molecule has 0 spiro atoms. The summed E-state index contributed by atoms with van der Waals surface area (Å²) in [4.78, 5) is 5.29. The summed E-state index contributed by atoms with van der Waals surface area (Å²) in [6.07, 6.45) is 9.26. The normalized spacial score (nSPS) is 14.9. The van der Waals surface area contributed by atoms with E-state index >= 15 is 0 Å². The van der Waals surface area contributed by atoms with E-state index < -0.39 is 0 Å². The molecule has 318 valence electrons. The number of hydrogen-bond acceptors (Lipinski definition) is 4. The van der Waals surface area contributed by atoms with Crippen LogP contribution in [0.25, 0.3) is 66.1 Å². The van der Waals surface area contributed by atoms with Crippen molar-refractivity contribution in [2.24, 2.45) is 0 Å². The summed E-state index contributed by atoms with van der Waals surface area (Å²) in [5.74, 6) is 0. The molecule has 2 aliphatic heterocycles. The van der Waals surface area contributed by atoms with Crippen molar-refractivity contribution < 1.29 is 8.83 Å². The monoisotopic (exact) mass is 860 g/mol. The molecule has 4 aliphatic rings. The number of para-hydroxylation sites is 2. The lowest BCUT2D eigenvalue weighted by atomic mass is 9.33. The van der Waals surface area contributed by atoms with Gasteiger partial charge in [-0.05, 0) is 162 Å². The lowest BCUT2D eigenvalue weighted by Crippen LogP contribution is -2.61. The largest absolute Gasteiger partial charge is 0.456 e. The van der Waals surface area contributed by atoms with Crippen molar-refractivity contribution in [2.45, 2.75) is 51.4 Å². The van der Waals surface area contributed by atoms with E-state index in [1.165, 1.54) is 121 Å². The highest BCUT2D eigenvalue weighted by atomic mass is 16.3. The second-order valence-corrected chi connectivity index (χ2v) is 19.2. The molecule has 2 aromatic heterocycles. The highest BCUT2D eigenvalue weighted by molar-refractivity contribution is 7.01. The molecule has 0 saturated heterocycles. The smallest absolute Gasteiger partial charge is 0.252 e. The third kappa shape index (κ3) is 5.43. The first kappa shape index (κ1) is 37.5. The molecule has 11 aromatic rings. The lowest BCUT2D eigenvalue weighted by molar-refractivity contribution is 0.668. The predicted octanol–water partition coefficient (Wildman–Crippen LogP) is 14.7. The van der Waals surface area contributed by atoms with Crippen molar-refractivity contribution in [1.82, 2.24) is 0 Å². The van der Waals surface area contributed by atoms with Crippen LogP contribution in [-0.4, -0.2) is 6.71 Å². The molecule has 4 nitrogen and oxygen atoms in total. The highest BCUT2D eigenvalue weighted by Gasteiger charge is 2.46. The molecule has 0 N–H and O–H groups in total. The Labute approximate surface area is 389 Å². The zero-order valence-corrected chi connectivity index (χ0v) is 37.2. The van der Waals surface area contributed by atoms with E-state index in [0.29, 0.717) is 0 Å². The van der Waals surface area contributed by atoms with E-state index in [9.17, 15) is 0 Å². The second-order valence-electron chi connectivity index (χ2n) is 19.2. The van der Waals surface area contributed by atoms with Crippen LogP contribution in [0.15, 0.2) is 185 Å². The Morgan fingerprint density at radius 3 is 1.24 bits per heavy atom. The Morgan fingerprint density at radius 1 is 0.358 bits per heavy atom. The van der Waals surface area contributed by atoms with Crippen molar-refractivity contribution in [3.05, 3.63) is 198 Å². The summed E-state index contributed by atoms with van der Waals surface area (Å²) in [6, 6.07) is 65.8. The van der Waals surface area contributed by atoms with Gasteiger partial charge in [-0.3, -0.25) is 0 Å². The van der Waals surface area contributed by atoms with Gasteiger partial charge in [0.15, 0.2) is 0 Å². The van der Waals surface area contributed by atoms with Gasteiger partial charge in [0, 0.05) is 33.3 Å². The Balaban J connectivity index is 1.11. The van der Waals surface area contributed by atoms with E-state index in [0.717, 1.165) is 69.6 Å². The van der Waals surface area contributed by atoms with Crippen molar-refractivity contribution >= 4 is 101 Å². The van der Waals surface area contributed by atoms with Crippen molar-refractivity contribution in [1.29, 1.82) is 0 Å². The van der Waals surface area contributed by atoms with Crippen LogP contribution in [0.3, 0.4) is 0 Å². The van der Waals surface area contributed by atoms with Gasteiger partial charge in [0.2, 0.25) is 0 Å². The molecule has 5 heteroatoms. The minimum Gasteiger partial charge on any atom is -0.456 e. The molecule has 4 heterocycles. The van der Waals surface area contributed by atoms with E-state index in [4.69, 9.17) is 8.83 Å². The van der Waals surface area contributed by atoms with Crippen molar-refractivity contribution in [3.8, 4) is 22.3 Å². The topological polar surface area (TPSA) is 32.8 Å². The van der Waals surface area contributed by atoms with E-state index in [-0.39, 0.29) is 6.71 Å². The first-order valence-corrected chi connectivity index (χ1v) is 24.3. The van der Waals surface area contributed by atoms with Crippen LogP contribution in [0.4, 0.5) is 34.1 Å². The summed E-state index contributed by atoms with van der Waals surface area (Å²) < 4.78 is 13.6. The molecule has 0 saturated carbocycles. The van der Waals surface area contributed by atoms with Gasteiger partial charge < -0.3 is 18.6 Å². The SMILES string of the molecule is c1ccc(-c2cc3c(cc2N2c4cccc5c4B(c4ccc6oc7ccccc7c6c42)c2ccc4oc6ccccc6c4c2N5c2cc4c(cc2-c2ccccc2)CCCC4)CCCC3)cc1. The lowest BCUT2D eigenvalue weighted by Gasteiger charge is -2.45. The average Bonchev–Trinajstić information content (AvgIpc) is 3.97. The first-order valence-electron chi connectivity index (χ1n) is 24.3.